The molecule has 106 valence electrons. The SMILES string of the molecule is COc1cccc(OCC(O)CSc2ccccn2)c1. The number of aliphatic hydroxyl groups excluding tert-OH is 1. The monoisotopic (exact) mass is 291 g/mol. The predicted octanol–water partition coefficient (Wildman–Crippen LogP) is 2.62. The van der Waals surface area contributed by atoms with Crippen molar-refractivity contribution in [2.75, 3.05) is 19.5 Å². The van der Waals surface area contributed by atoms with E-state index in [0.29, 0.717) is 11.5 Å². The third-order valence-electron chi connectivity index (χ3n) is 2.54. The summed E-state index contributed by atoms with van der Waals surface area (Å²) in [7, 11) is 1.61. The summed E-state index contributed by atoms with van der Waals surface area (Å²) in [6, 6.07) is 13.0. The Bertz CT molecular complexity index is 522. The first-order valence-electron chi connectivity index (χ1n) is 6.26. The fourth-order valence-corrected chi connectivity index (χ4v) is 2.32. The van der Waals surface area contributed by atoms with Gasteiger partial charge in [-0.3, -0.25) is 0 Å². The summed E-state index contributed by atoms with van der Waals surface area (Å²) in [5.74, 6) is 1.96. The number of thioether (sulfide) groups is 1. The molecule has 1 atom stereocenters. The van der Waals surface area contributed by atoms with E-state index >= 15 is 0 Å². The summed E-state index contributed by atoms with van der Waals surface area (Å²) >= 11 is 1.51. The number of aromatic nitrogens is 1. The van der Waals surface area contributed by atoms with Crippen LogP contribution in [0.5, 0.6) is 11.5 Å². The Balaban J connectivity index is 1.75. The number of aliphatic hydroxyl groups is 1. The number of pyridine rings is 1. The van der Waals surface area contributed by atoms with Gasteiger partial charge < -0.3 is 14.6 Å². The Morgan fingerprint density at radius 3 is 2.80 bits per heavy atom. The lowest BCUT2D eigenvalue weighted by Crippen LogP contribution is -2.20. The molecule has 0 fully saturated rings. The number of nitrogens with zero attached hydrogens (tertiary/aromatic N) is 1. The molecule has 0 radical (unpaired) electrons. The average Bonchev–Trinajstić information content (AvgIpc) is 2.52. The van der Waals surface area contributed by atoms with E-state index in [2.05, 4.69) is 4.98 Å². The molecular weight excluding hydrogens is 274 g/mol. The van der Waals surface area contributed by atoms with Crippen molar-refractivity contribution in [1.29, 1.82) is 0 Å². The number of methoxy groups -OCH3 is 1. The smallest absolute Gasteiger partial charge is 0.123 e. The minimum absolute atomic E-state index is 0.243. The molecule has 0 amide bonds. The van der Waals surface area contributed by atoms with Gasteiger partial charge in [-0.05, 0) is 24.3 Å². The van der Waals surface area contributed by atoms with Gasteiger partial charge in [0.25, 0.3) is 0 Å². The van der Waals surface area contributed by atoms with E-state index in [9.17, 15) is 5.11 Å². The highest BCUT2D eigenvalue weighted by Crippen LogP contribution is 2.20. The van der Waals surface area contributed by atoms with Gasteiger partial charge >= 0.3 is 0 Å². The van der Waals surface area contributed by atoms with Crippen molar-refractivity contribution in [3.8, 4) is 11.5 Å². The molecule has 1 N–H and O–H groups in total. The van der Waals surface area contributed by atoms with Crippen LogP contribution in [0, 0.1) is 0 Å². The number of hydrogen-bond acceptors (Lipinski definition) is 5. The maximum absolute atomic E-state index is 9.89. The van der Waals surface area contributed by atoms with Crippen LogP contribution in [0.2, 0.25) is 0 Å². The van der Waals surface area contributed by atoms with Gasteiger partial charge in [0.15, 0.2) is 0 Å². The number of ether oxygens (including phenoxy) is 2. The van der Waals surface area contributed by atoms with E-state index in [1.807, 2.05) is 36.4 Å². The van der Waals surface area contributed by atoms with Crippen molar-refractivity contribution >= 4 is 11.8 Å². The molecule has 1 aromatic carbocycles. The summed E-state index contributed by atoms with van der Waals surface area (Å²) in [5.41, 5.74) is 0. The van der Waals surface area contributed by atoms with Crippen LogP contribution in [0.3, 0.4) is 0 Å². The van der Waals surface area contributed by atoms with Gasteiger partial charge in [-0.1, -0.05) is 12.1 Å². The molecular formula is C15H17NO3S. The maximum Gasteiger partial charge on any atom is 0.123 e. The molecule has 0 saturated heterocycles. The number of benzene rings is 1. The summed E-state index contributed by atoms with van der Waals surface area (Å²) < 4.78 is 10.6. The average molecular weight is 291 g/mol. The molecule has 0 bridgehead atoms. The van der Waals surface area contributed by atoms with Gasteiger partial charge in [0.05, 0.1) is 18.2 Å². The highest BCUT2D eigenvalue weighted by Gasteiger charge is 2.07. The maximum atomic E-state index is 9.89. The van der Waals surface area contributed by atoms with Crippen molar-refractivity contribution in [1.82, 2.24) is 4.98 Å². The second-order valence-electron chi connectivity index (χ2n) is 4.12. The summed E-state index contributed by atoms with van der Waals surface area (Å²) in [6.07, 6.45) is 1.19. The van der Waals surface area contributed by atoms with Crippen LogP contribution in [0.1, 0.15) is 0 Å². The normalized spacial score (nSPS) is 11.9. The second kappa shape index (κ2) is 7.77. The highest BCUT2D eigenvalue weighted by atomic mass is 32.2. The minimum atomic E-state index is -0.548. The third-order valence-corrected chi connectivity index (χ3v) is 3.63. The molecule has 1 heterocycles. The molecule has 0 aliphatic heterocycles. The number of hydrogen-bond donors (Lipinski definition) is 1. The Hall–Kier alpha value is -1.72. The molecule has 2 aromatic rings. The summed E-state index contributed by atoms with van der Waals surface area (Å²) in [4.78, 5) is 4.19. The predicted molar refractivity (Wildman–Crippen MR) is 79.5 cm³/mol. The summed E-state index contributed by atoms with van der Waals surface area (Å²) in [6.45, 7) is 0.243. The van der Waals surface area contributed by atoms with Crippen molar-refractivity contribution in [3.05, 3.63) is 48.7 Å². The number of rotatable bonds is 7. The Morgan fingerprint density at radius 1 is 1.20 bits per heavy atom. The van der Waals surface area contributed by atoms with E-state index in [4.69, 9.17) is 9.47 Å². The first kappa shape index (κ1) is 14.7. The molecule has 1 unspecified atom stereocenters. The first-order chi connectivity index (χ1) is 9.78. The van der Waals surface area contributed by atoms with Gasteiger partial charge in [0.2, 0.25) is 0 Å². The molecule has 4 nitrogen and oxygen atoms in total. The quantitative estimate of drug-likeness (QED) is 0.795. The molecule has 0 aliphatic carbocycles. The molecule has 5 heteroatoms. The minimum Gasteiger partial charge on any atom is -0.497 e. The van der Waals surface area contributed by atoms with Crippen LogP contribution in [0.25, 0.3) is 0 Å². The van der Waals surface area contributed by atoms with E-state index in [0.717, 1.165) is 10.8 Å². The van der Waals surface area contributed by atoms with Crippen LogP contribution >= 0.6 is 11.8 Å². The highest BCUT2D eigenvalue weighted by molar-refractivity contribution is 7.99. The van der Waals surface area contributed by atoms with Crippen LogP contribution in [0.4, 0.5) is 0 Å². The van der Waals surface area contributed by atoms with Crippen molar-refractivity contribution in [3.63, 3.8) is 0 Å². The molecule has 0 saturated carbocycles. The molecule has 0 spiro atoms. The Labute approximate surface area is 122 Å². The van der Waals surface area contributed by atoms with Crippen LogP contribution < -0.4 is 9.47 Å². The molecule has 2 rings (SSSR count). The van der Waals surface area contributed by atoms with Crippen LogP contribution in [0.15, 0.2) is 53.7 Å². The van der Waals surface area contributed by atoms with Crippen LogP contribution in [-0.4, -0.2) is 35.7 Å². The van der Waals surface area contributed by atoms with Crippen LogP contribution in [-0.2, 0) is 0 Å². The van der Waals surface area contributed by atoms with Gasteiger partial charge in [-0.25, -0.2) is 4.98 Å². The van der Waals surface area contributed by atoms with E-state index in [-0.39, 0.29) is 6.61 Å². The zero-order valence-corrected chi connectivity index (χ0v) is 12.0. The fraction of sp³-hybridized carbons (Fsp3) is 0.267. The lowest BCUT2D eigenvalue weighted by molar-refractivity contribution is 0.126. The lowest BCUT2D eigenvalue weighted by Gasteiger charge is -2.12. The Kier molecular flexibility index (Phi) is 5.70. The standard InChI is InChI=1S/C15H17NO3S/c1-18-13-5-4-6-14(9-13)19-10-12(17)11-20-15-7-2-3-8-16-15/h2-9,12,17H,10-11H2,1H3. The molecule has 1 aromatic heterocycles. The van der Waals surface area contributed by atoms with Gasteiger partial charge in [-0.2, -0.15) is 0 Å². The fourth-order valence-electron chi connectivity index (χ4n) is 1.55. The van der Waals surface area contributed by atoms with Crippen molar-refractivity contribution in [2.45, 2.75) is 11.1 Å². The molecule has 0 aliphatic rings. The molecule has 20 heavy (non-hydrogen) atoms. The zero-order chi connectivity index (χ0) is 14.2. The van der Waals surface area contributed by atoms with Crippen molar-refractivity contribution < 1.29 is 14.6 Å². The third kappa shape index (κ3) is 4.75. The topological polar surface area (TPSA) is 51.6 Å². The van der Waals surface area contributed by atoms with Crippen molar-refractivity contribution in [2.24, 2.45) is 0 Å². The van der Waals surface area contributed by atoms with E-state index in [1.165, 1.54) is 11.8 Å². The first-order valence-corrected chi connectivity index (χ1v) is 7.25. The lowest BCUT2D eigenvalue weighted by atomic mass is 10.3. The van der Waals surface area contributed by atoms with E-state index in [1.54, 1.807) is 19.4 Å². The summed E-state index contributed by atoms with van der Waals surface area (Å²) in [5, 5.41) is 10.8. The largest absolute Gasteiger partial charge is 0.497 e. The van der Waals surface area contributed by atoms with Gasteiger partial charge in [0, 0.05) is 18.0 Å². The zero-order valence-electron chi connectivity index (χ0n) is 11.2. The van der Waals surface area contributed by atoms with Gasteiger partial charge in [0.1, 0.15) is 18.1 Å². The Morgan fingerprint density at radius 2 is 2.05 bits per heavy atom. The van der Waals surface area contributed by atoms with Gasteiger partial charge in [-0.15, -0.1) is 11.8 Å². The second-order valence-corrected chi connectivity index (χ2v) is 5.16. The van der Waals surface area contributed by atoms with E-state index < -0.39 is 6.10 Å².